The van der Waals surface area contributed by atoms with Gasteiger partial charge in [-0.3, -0.25) is 4.99 Å². The number of thioether (sulfide) groups is 2. The molecule has 1 fully saturated rings. The maximum Gasteiger partial charge on any atom is 0.419 e. The average molecular weight is 359 g/mol. The van der Waals surface area contributed by atoms with Gasteiger partial charge in [-0.25, -0.2) is 4.39 Å². The van der Waals surface area contributed by atoms with E-state index in [4.69, 9.17) is 4.99 Å². The molecule has 0 bridgehead atoms. The summed E-state index contributed by atoms with van der Waals surface area (Å²) in [4.78, 5) is 5.81. The molecule has 1 nitrogen and oxygen atoms in total. The summed E-state index contributed by atoms with van der Waals surface area (Å²) < 4.78 is 52.7. The number of nitrogens with zero attached hydrogens (tertiary/aromatic N) is 1. The first-order valence-electron chi connectivity index (χ1n) is 7.36. The maximum atomic E-state index is 13.6. The van der Waals surface area contributed by atoms with Crippen LogP contribution >= 0.6 is 23.5 Å². The number of alkyl halides is 3. The van der Waals surface area contributed by atoms with E-state index in [1.54, 1.807) is 23.5 Å². The van der Waals surface area contributed by atoms with Gasteiger partial charge in [0, 0.05) is 22.3 Å². The molecule has 0 aromatic heterocycles. The molecule has 1 aromatic rings. The van der Waals surface area contributed by atoms with Crippen LogP contribution in [0.4, 0.5) is 17.6 Å². The lowest BCUT2D eigenvalue weighted by Crippen LogP contribution is -2.26. The minimum Gasteiger partial charge on any atom is -0.260 e. The van der Waals surface area contributed by atoms with Crippen LogP contribution in [0.25, 0.3) is 0 Å². The van der Waals surface area contributed by atoms with Crippen LogP contribution in [0.5, 0.6) is 0 Å². The van der Waals surface area contributed by atoms with E-state index in [0.29, 0.717) is 5.56 Å². The van der Waals surface area contributed by atoms with Gasteiger partial charge in [0.25, 0.3) is 0 Å². The first-order chi connectivity index (χ1) is 10.9. The van der Waals surface area contributed by atoms with E-state index >= 15 is 0 Å². The summed E-state index contributed by atoms with van der Waals surface area (Å²) in [5.41, 5.74) is 1.48. The Balaban J connectivity index is 1.82. The standard InChI is InChI=1S/C16H13F4NS2/c17-10-2-1-8(7-9(10)16(18,19)20)13-14-11(3-5-22-14)21-12-4-6-23-15(12)13/h1-2,7,13-14H,3-6H2. The van der Waals surface area contributed by atoms with Gasteiger partial charge in [-0.15, -0.1) is 11.8 Å². The van der Waals surface area contributed by atoms with Crippen LogP contribution in [0, 0.1) is 5.82 Å². The first-order valence-corrected chi connectivity index (χ1v) is 9.40. The van der Waals surface area contributed by atoms with Crippen LogP contribution in [0.3, 0.4) is 0 Å². The number of benzene rings is 1. The van der Waals surface area contributed by atoms with E-state index < -0.39 is 17.6 Å². The fraction of sp³-hybridized carbons (Fsp3) is 0.438. The van der Waals surface area contributed by atoms with E-state index in [1.165, 1.54) is 6.07 Å². The zero-order chi connectivity index (χ0) is 16.2. The summed E-state index contributed by atoms with van der Waals surface area (Å²) in [6, 6.07) is 3.44. The molecule has 0 spiro atoms. The van der Waals surface area contributed by atoms with Gasteiger partial charge in [0.1, 0.15) is 5.82 Å². The summed E-state index contributed by atoms with van der Waals surface area (Å²) in [6.07, 6.45) is -2.92. The maximum absolute atomic E-state index is 13.6. The van der Waals surface area contributed by atoms with Crippen molar-refractivity contribution in [1.29, 1.82) is 0 Å². The fourth-order valence-electron chi connectivity index (χ4n) is 3.37. The second-order valence-electron chi connectivity index (χ2n) is 5.77. The van der Waals surface area contributed by atoms with Gasteiger partial charge in [0.2, 0.25) is 0 Å². The molecule has 3 aliphatic rings. The van der Waals surface area contributed by atoms with Crippen molar-refractivity contribution < 1.29 is 17.6 Å². The molecule has 0 radical (unpaired) electrons. The zero-order valence-corrected chi connectivity index (χ0v) is 13.6. The van der Waals surface area contributed by atoms with Crippen LogP contribution in [0.15, 0.2) is 33.8 Å². The highest BCUT2D eigenvalue weighted by molar-refractivity contribution is 8.03. The average Bonchev–Trinajstić information content (AvgIpc) is 3.12. The number of halogens is 4. The van der Waals surface area contributed by atoms with Crippen molar-refractivity contribution in [3.63, 3.8) is 0 Å². The number of aliphatic imine (C=N–C) groups is 1. The van der Waals surface area contributed by atoms with E-state index in [0.717, 1.165) is 52.8 Å². The largest absolute Gasteiger partial charge is 0.419 e. The van der Waals surface area contributed by atoms with Gasteiger partial charge < -0.3 is 0 Å². The van der Waals surface area contributed by atoms with Gasteiger partial charge >= 0.3 is 6.18 Å². The third-order valence-corrected chi connectivity index (χ3v) is 6.94. The Morgan fingerprint density at radius 2 is 1.96 bits per heavy atom. The van der Waals surface area contributed by atoms with Crippen LogP contribution in [-0.4, -0.2) is 22.5 Å². The normalized spacial score (nSPS) is 27.0. The molecule has 3 heterocycles. The van der Waals surface area contributed by atoms with Crippen LogP contribution in [0.2, 0.25) is 0 Å². The van der Waals surface area contributed by atoms with Gasteiger partial charge in [-0.1, -0.05) is 6.07 Å². The van der Waals surface area contributed by atoms with Crippen molar-refractivity contribution in [2.75, 3.05) is 11.5 Å². The van der Waals surface area contributed by atoms with Crippen LogP contribution < -0.4 is 0 Å². The number of rotatable bonds is 1. The predicted octanol–water partition coefficient (Wildman–Crippen LogP) is 5.24. The molecule has 1 aromatic carbocycles. The van der Waals surface area contributed by atoms with Crippen molar-refractivity contribution in [1.82, 2.24) is 0 Å². The molecular formula is C16H13F4NS2. The second kappa shape index (κ2) is 5.55. The van der Waals surface area contributed by atoms with Gasteiger partial charge in [-0.2, -0.15) is 24.9 Å². The fourth-order valence-corrected chi connectivity index (χ4v) is 6.17. The molecule has 0 N–H and O–H groups in total. The van der Waals surface area contributed by atoms with Crippen molar-refractivity contribution in [2.24, 2.45) is 4.99 Å². The minimum atomic E-state index is -4.67. The molecule has 0 saturated carbocycles. The highest BCUT2D eigenvalue weighted by Gasteiger charge is 2.42. The number of hydrogen-bond donors (Lipinski definition) is 0. The van der Waals surface area contributed by atoms with Crippen molar-refractivity contribution >= 4 is 29.2 Å². The Kier molecular flexibility index (Phi) is 3.76. The summed E-state index contributed by atoms with van der Waals surface area (Å²) in [5.74, 6) is 0.527. The Bertz CT molecular complexity index is 723. The van der Waals surface area contributed by atoms with Gasteiger partial charge in [-0.05, 0) is 36.3 Å². The lowest BCUT2D eigenvalue weighted by molar-refractivity contribution is -0.140. The lowest BCUT2D eigenvalue weighted by Gasteiger charge is -2.29. The zero-order valence-electron chi connectivity index (χ0n) is 12.0. The van der Waals surface area contributed by atoms with Gasteiger partial charge in [0.15, 0.2) is 0 Å². The topological polar surface area (TPSA) is 12.4 Å². The van der Waals surface area contributed by atoms with E-state index in [-0.39, 0.29) is 11.2 Å². The molecular weight excluding hydrogens is 346 g/mol. The molecule has 2 atom stereocenters. The molecule has 23 heavy (non-hydrogen) atoms. The van der Waals surface area contributed by atoms with Crippen molar-refractivity contribution in [3.05, 3.63) is 45.7 Å². The van der Waals surface area contributed by atoms with E-state index in [2.05, 4.69) is 0 Å². The minimum absolute atomic E-state index is 0.0888. The summed E-state index contributed by atoms with van der Waals surface area (Å²) in [7, 11) is 0. The van der Waals surface area contributed by atoms with E-state index in [9.17, 15) is 17.6 Å². The highest BCUT2D eigenvalue weighted by Crippen LogP contribution is 2.52. The van der Waals surface area contributed by atoms with Crippen LogP contribution in [0.1, 0.15) is 29.9 Å². The first kappa shape index (κ1) is 15.6. The Labute approximate surface area is 139 Å². The molecule has 3 aliphatic heterocycles. The third-order valence-electron chi connectivity index (χ3n) is 4.38. The number of allylic oxidation sites excluding steroid dienone is 2. The molecule has 7 heteroatoms. The summed E-state index contributed by atoms with van der Waals surface area (Å²) in [5, 5.41) is 0.0888. The molecule has 122 valence electrons. The summed E-state index contributed by atoms with van der Waals surface area (Å²) >= 11 is 3.42. The van der Waals surface area contributed by atoms with E-state index in [1.807, 2.05) is 0 Å². The SMILES string of the molecule is Fc1ccc(C2C3=C(CCS3)N=C3CCSC32)cc1C(F)(F)F. The third kappa shape index (κ3) is 2.61. The van der Waals surface area contributed by atoms with Crippen molar-refractivity contribution in [3.8, 4) is 0 Å². The Morgan fingerprint density at radius 1 is 1.13 bits per heavy atom. The Morgan fingerprint density at radius 3 is 2.74 bits per heavy atom. The smallest absolute Gasteiger partial charge is 0.260 e. The van der Waals surface area contributed by atoms with Crippen molar-refractivity contribution in [2.45, 2.75) is 30.2 Å². The highest BCUT2D eigenvalue weighted by atomic mass is 32.2. The number of hydrogen-bond acceptors (Lipinski definition) is 3. The lowest BCUT2D eigenvalue weighted by atomic mass is 9.87. The second-order valence-corrected chi connectivity index (χ2v) is 8.15. The Hall–Kier alpha value is -0.950. The van der Waals surface area contributed by atoms with Crippen LogP contribution in [-0.2, 0) is 6.18 Å². The monoisotopic (exact) mass is 359 g/mol. The predicted molar refractivity (Wildman–Crippen MR) is 86.5 cm³/mol. The quantitative estimate of drug-likeness (QED) is 0.636. The molecule has 0 aliphatic carbocycles. The molecule has 0 amide bonds. The molecule has 2 unspecified atom stereocenters. The number of fused-ring (bicyclic) bond motifs is 1. The molecule has 1 saturated heterocycles. The van der Waals surface area contributed by atoms with Gasteiger partial charge in [0.05, 0.1) is 16.5 Å². The summed E-state index contributed by atoms with van der Waals surface area (Å²) in [6.45, 7) is 0. The molecule has 4 rings (SSSR count).